The van der Waals surface area contributed by atoms with Gasteiger partial charge >= 0.3 is 0 Å². The number of aliphatic hydroxyl groups is 2. The van der Waals surface area contributed by atoms with E-state index in [2.05, 4.69) is 19.9 Å². The SMILES string of the molecule is CC(C)=CCCC(C)=CC=O.CCCC(O)O.CCOC(C)OCC. The normalized spacial score (nSPS) is 10.6. The van der Waals surface area contributed by atoms with Crippen molar-refractivity contribution < 1.29 is 24.5 Å². The molecule has 0 saturated heterocycles. The Morgan fingerprint density at radius 3 is 1.84 bits per heavy atom. The number of hydrogen-bond donors (Lipinski definition) is 2. The molecule has 150 valence electrons. The lowest BCUT2D eigenvalue weighted by Gasteiger charge is -2.09. The van der Waals surface area contributed by atoms with Crippen LogP contribution in [0.4, 0.5) is 0 Å². The zero-order chi connectivity index (χ0) is 20.1. The third kappa shape index (κ3) is 35.1. The van der Waals surface area contributed by atoms with Gasteiger partial charge in [0.2, 0.25) is 0 Å². The molecule has 0 unspecified atom stereocenters. The van der Waals surface area contributed by atoms with Gasteiger partial charge in [-0.2, -0.15) is 0 Å². The van der Waals surface area contributed by atoms with Crippen molar-refractivity contribution in [1.29, 1.82) is 0 Å². The van der Waals surface area contributed by atoms with Gasteiger partial charge < -0.3 is 19.7 Å². The molecule has 5 nitrogen and oxygen atoms in total. The van der Waals surface area contributed by atoms with Crippen LogP contribution in [0.5, 0.6) is 0 Å². The second kappa shape index (κ2) is 23.0. The summed E-state index contributed by atoms with van der Waals surface area (Å²) in [5, 5.41) is 16.2. The molecule has 0 aromatic carbocycles. The first kappa shape index (κ1) is 28.8. The summed E-state index contributed by atoms with van der Waals surface area (Å²) in [4.78, 5) is 10.0. The third-order valence-electron chi connectivity index (χ3n) is 2.79. The van der Waals surface area contributed by atoms with E-state index in [9.17, 15) is 4.79 Å². The van der Waals surface area contributed by atoms with Crippen LogP contribution >= 0.6 is 0 Å². The maximum atomic E-state index is 10.0. The van der Waals surface area contributed by atoms with Gasteiger partial charge in [0.05, 0.1) is 0 Å². The van der Waals surface area contributed by atoms with Crippen LogP contribution in [0, 0.1) is 0 Å². The van der Waals surface area contributed by atoms with Crippen LogP contribution in [0.1, 0.15) is 74.1 Å². The molecule has 0 atom stereocenters. The van der Waals surface area contributed by atoms with Crippen LogP contribution in [0.15, 0.2) is 23.3 Å². The summed E-state index contributed by atoms with van der Waals surface area (Å²) < 4.78 is 10.1. The number of allylic oxidation sites excluding steroid dienone is 4. The van der Waals surface area contributed by atoms with Crippen molar-refractivity contribution >= 4 is 6.29 Å². The van der Waals surface area contributed by atoms with Crippen molar-refractivity contribution in [2.24, 2.45) is 0 Å². The molecular formula is C20H40O5. The number of aldehydes is 1. The van der Waals surface area contributed by atoms with Gasteiger partial charge in [0.15, 0.2) is 12.6 Å². The molecule has 0 bridgehead atoms. The van der Waals surface area contributed by atoms with Crippen molar-refractivity contribution in [3.05, 3.63) is 23.3 Å². The highest BCUT2D eigenvalue weighted by molar-refractivity contribution is 5.65. The number of aliphatic hydroxyl groups excluding tert-OH is 1. The fourth-order valence-electron chi connectivity index (χ4n) is 1.56. The van der Waals surface area contributed by atoms with Crippen LogP contribution in [-0.4, -0.2) is 42.3 Å². The van der Waals surface area contributed by atoms with Crippen LogP contribution in [0.2, 0.25) is 0 Å². The van der Waals surface area contributed by atoms with Gasteiger partial charge in [-0.3, -0.25) is 4.79 Å². The molecule has 0 rings (SSSR count). The highest BCUT2D eigenvalue weighted by Crippen LogP contribution is 2.05. The number of rotatable bonds is 10. The predicted octanol–water partition coefficient (Wildman–Crippen LogP) is 4.38. The molecule has 5 heteroatoms. The van der Waals surface area contributed by atoms with Crippen LogP contribution in [-0.2, 0) is 14.3 Å². The minimum Gasteiger partial charge on any atom is -0.368 e. The monoisotopic (exact) mass is 360 g/mol. The number of hydrogen-bond acceptors (Lipinski definition) is 5. The molecule has 0 saturated carbocycles. The lowest BCUT2D eigenvalue weighted by molar-refractivity contribution is -0.123. The van der Waals surface area contributed by atoms with Gasteiger partial charge in [-0.25, -0.2) is 0 Å². The summed E-state index contributed by atoms with van der Waals surface area (Å²) in [6, 6.07) is 0. The average molecular weight is 361 g/mol. The summed E-state index contributed by atoms with van der Waals surface area (Å²) in [7, 11) is 0. The van der Waals surface area contributed by atoms with Crippen LogP contribution in [0.3, 0.4) is 0 Å². The quantitative estimate of drug-likeness (QED) is 0.262. The van der Waals surface area contributed by atoms with Gasteiger partial charge in [0, 0.05) is 13.2 Å². The van der Waals surface area contributed by atoms with Crippen LogP contribution < -0.4 is 0 Å². The Kier molecular flexibility index (Phi) is 26.5. The molecule has 0 aliphatic heterocycles. The highest BCUT2D eigenvalue weighted by atomic mass is 16.7. The van der Waals surface area contributed by atoms with E-state index < -0.39 is 6.29 Å². The Bertz CT molecular complexity index is 325. The van der Waals surface area contributed by atoms with Gasteiger partial charge in [-0.15, -0.1) is 0 Å². The lowest BCUT2D eigenvalue weighted by atomic mass is 10.1. The molecule has 0 aliphatic rings. The standard InChI is InChI=1S/C10H16O.C6H14O2.C4H10O2/c1-9(2)5-4-6-10(3)7-8-11;1-4-7-6(3)8-5-2;1-2-3-4(5)6/h5,7-8H,4,6H2,1-3H3;6H,4-5H2,1-3H3;4-6H,2-3H2,1H3. The van der Waals surface area contributed by atoms with E-state index in [1.54, 1.807) is 6.08 Å². The smallest absolute Gasteiger partial charge is 0.154 e. The highest BCUT2D eigenvalue weighted by Gasteiger charge is 1.94. The minimum atomic E-state index is -1.10. The van der Waals surface area contributed by atoms with Crippen molar-refractivity contribution in [1.82, 2.24) is 0 Å². The third-order valence-corrected chi connectivity index (χ3v) is 2.79. The summed E-state index contributed by atoms with van der Waals surface area (Å²) in [5.74, 6) is 0. The van der Waals surface area contributed by atoms with E-state index in [-0.39, 0.29) is 6.29 Å². The fraction of sp³-hybridized carbons (Fsp3) is 0.750. The van der Waals surface area contributed by atoms with E-state index in [1.807, 2.05) is 34.6 Å². The molecule has 0 aromatic rings. The summed E-state index contributed by atoms with van der Waals surface area (Å²) >= 11 is 0. The van der Waals surface area contributed by atoms with E-state index in [0.29, 0.717) is 6.42 Å². The molecule has 0 spiro atoms. The Morgan fingerprint density at radius 2 is 1.56 bits per heavy atom. The number of carbonyl (C=O) groups is 1. The second-order valence-corrected chi connectivity index (χ2v) is 5.72. The molecule has 0 heterocycles. The van der Waals surface area contributed by atoms with Gasteiger partial charge in [-0.1, -0.05) is 30.6 Å². The van der Waals surface area contributed by atoms with E-state index in [0.717, 1.165) is 44.3 Å². The molecule has 0 amide bonds. The van der Waals surface area contributed by atoms with E-state index >= 15 is 0 Å². The van der Waals surface area contributed by atoms with Crippen molar-refractivity contribution in [3.8, 4) is 0 Å². The summed E-state index contributed by atoms with van der Waals surface area (Å²) in [6.07, 6.45) is 6.86. The molecule has 0 aliphatic carbocycles. The molecule has 0 fully saturated rings. The molecular weight excluding hydrogens is 320 g/mol. The van der Waals surface area contributed by atoms with Crippen molar-refractivity contribution in [2.45, 2.75) is 86.7 Å². The minimum absolute atomic E-state index is 0.0370. The fourth-order valence-corrected chi connectivity index (χ4v) is 1.56. The zero-order valence-corrected chi connectivity index (χ0v) is 17.2. The predicted molar refractivity (Wildman–Crippen MR) is 104 cm³/mol. The first-order valence-corrected chi connectivity index (χ1v) is 9.08. The van der Waals surface area contributed by atoms with Gasteiger partial charge in [0.1, 0.15) is 6.29 Å². The Hall–Kier alpha value is -1.01. The molecule has 0 aromatic heterocycles. The molecule has 25 heavy (non-hydrogen) atoms. The Balaban J connectivity index is -0.000000306. The number of ether oxygens (including phenoxy) is 2. The zero-order valence-electron chi connectivity index (χ0n) is 17.2. The Labute approximate surface area is 154 Å². The second-order valence-electron chi connectivity index (χ2n) is 5.72. The van der Waals surface area contributed by atoms with Gasteiger partial charge in [0.25, 0.3) is 0 Å². The number of carbonyl (C=O) groups excluding carboxylic acids is 1. The maximum absolute atomic E-state index is 10.0. The van der Waals surface area contributed by atoms with E-state index in [4.69, 9.17) is 19.7 Å². The summed E-state index contributed by atoms with van der Waals surface area (Å²) in [6.45, 7) is 15.3. The maximum Gasteiger partial charge on any atom is 0.154 e. The molecule has 2 N–H and O–H groups in total. The topological polar surface area (TPSA) is 76.0 Å². The molecule has 0 radical (unpaired) electrons. The van der Waals surface area contributed by atoms with Crippen molar-refractivity contribution in [2.75, 3.05) is 13.2 Å². The van der Waals surface area contributed by atoms with E-state index in [1.165, 1.54) is 5.57 Å². The lowest BCUT2D eigenvalue weighted by Crippen LogP contribution is -2.11. The van der Waals surface area contributed by atoms with Crippen LogP contribution in [0.25, 0.3) is 0 Å². The summed E-state index contributed by atoms with van der Waals surface area (Å²) in [5.41, 5.74) is 2.49. The van der Waals surface area contributed by atoms with Crippen molar-refractivity contribution in [3.63, 3.8) is 0 Å². The first-order chi connectivity index (χ1) is 11.7. The first-order valence-electron chi connectivity index (χ1n) is 9.08. The Morgan fingerprint density at radius 1 is 1.04 bits per heavy atom. The largest absolute Gasteiger partial charge is 0.368 e. The van der Waals surface area contributed by atoms with Gasteiger partial charge in [-0.05, 0) is 66.9 Å². The average Bonchev–Trinajstić information content (AvgIpc) is 2.49.